The van der Waals surface area contributed by atoms with Crippen molar-refractivity contribution in [2.75, 3.05) is 0 Å². The predicted octanol–water partition coefficient (Wildman–Crippen LogP) is 10.7. The van der Waals surface area contributed by atoms with E-state index in [2.05, 4.69) is 25.8 Å². The summed E-state index contributed by atoms with van der Waals surface area (Å²) in [7, 11) is 0. The molecule has 432 valence electrons. The van der Waals surface area contributed by atoms with E-state index in [1.165, 1.54) is 4.80 Å². The van der Waals surface area contributed by atoms with Gasteiger partial charge in [0.1, 0.15) is 48.8 Å². The number of hydrogen-bond donors (Lipinski definition) is 0. The number of ether oxygens (including phenoxy) is 9. The third-order valence-corrected chi connectivity index (χ3v) is 14.9. The lowest BCUT2D eigenvalue weighted by molar-refractivity contribution is -0.392. The van der Waals surface area contributed by atoms with Gasteiger partial charge in [0.2, 0.25) is 5.82 Å². The molecular formula is C68H66N8O9. The molecule has 2 aromatic heterocycles. The van der Waals surface area contributed by atoms with Crippen LogP contribution in [0.15, 0.2) is 243 Å². The van der Waals surface area contributed by atoms with Crippen LogP contribution in [0.3, 0.4) is 0 Å². The third-order valence-electron chi connectivity index (χ3n) is 14.9. The minimum atomic E-state index is -1.24. The first kappa shape index (κ1) is 57.0. The second-order valence-electron chi connectivity index (χ2n) is 20.9. The average molecular weight is 1140 g/mol. The van der Waals surface area contributed by atoms with Crippen LogP contribution in [0.4, 0.5) is 0 Å². The van der Waals surface area contributed by atoms with E-state index in [0.717, 1.165) is 44.5 Å². The van der Waals surface area contributed by atoms with E-state index in [-0.39, 0.29) is 52.7 Å². The van der Waals surface area contributed by atoms with Crippen LogP contribution in [0.2, 0.25) is 0 Å². The molecule has 17 heteroatoms. The largest absolute Gasteiger partial charge is 0.368 e. The summed E-state index contributed by atoms with van der Waals surface area (Å²) in [5, 5.41) is 27.2. The molecule has 0 aliphatic carbocycles. The minimum absolute atomic E-state index is 0.0810. The zero-order chi connectivity index (χ0) is 57.2. The van der Waals surface area contributed by atoms with Crippen LogP contribution in [0.25, 0.3) is 22.8 Å². The summed E-state index contributed by atoms with van der Waals surface area (Å²) < 4.78 is 67.0. The Morgan fingerprint density at radius 3 is 1.05 bits per heavy atom. The SMILES string of the molecule is c1ccc(CO[C@@H]2[C@@H](OCc3ccccc3)[C@@H](O[C@H]3O[C@H](Cn4nnnc4-c4ccccc4)[C@@H](OCc4ccccc4)[C@H](OCc4ccccc4)[C@H]3OCc3ccccc3)O[C@H](Cn3nnc(-c4ccccc4)n3)[C@H]2OCc2ccccc2)cc1. The van der Waals surface area contributed by atoms with Crippen molar-refractivity contribution in [3.8, 4) is 22.8 Å². The fraction of sp³-hybridized carbons (Fsp3) is 0.265. The van der Waals surface area contributed by atoms with Crippen molar-refractivity contribution in [1.29, 1.82) is 0 Å². The maximum Gasteiger partial charge on any atom is 0.204 e. The lowest BCUT2D eigenvalue weighted by Gasteiger charge is -2.49. The van der Waals surface area contributed by atoms with Gasteiger partial charge in [0.15, 0.2) is 18.4 Å². The molecule has 2 aliphatic rings. The summed E-state index contributed by atoms with van der Waals surface area (Å²) in [6, 6.07) is 79.5. The number of nitrogens with zero attached hydrogens (tertiary/aromatic N) is 8. The number of tetrazole rings is 2. The van der Waals surface area contributed by atoms with Gasteiger partial charge in [0, 0.05) is 11.1 Å². The molecule has 0 amide bonds. The zero-order valence-corrected chi connectivity index (χ0v) is 46.8. The molecule has 0 bridgehead atoms. The molecule has 8 aromatic carbocycles. The van der Waals surface area contributed by atoms with Crippen LogP contribution in [0.5, 0.6) is 0 Å². The van der Waals surface area contributed by atoms with Crippen molar-refractivity contribution in [2.45, 2.75) is 114 Å². The van der Waals surface area contributed by atoms with Crippen LogP contribution in [0.1, 0.15) is 33.4 Å². The molecule has 10 aromatic rings. The van der Waals surface area contributed by atoms with Gasteiger partial charge in [0.25, 0.3) is 0 Å². The first-order valence-electron chi connectivity index (χ1n) is 28.7. The van der Waals surface area contributed by atoms with E-state index in [4.69, 9.17) is 47.7 Å². The molecule has 2 fully saturated rings. The Morgan fingerprint density at radius 1 is 0.329 bits per heavy atom. The fourth-order valence-electron chi connectivity index (χ4n) is 10.6. The molecule has 2 saturated heterocycles. The van der Waals surface area contributed by atoms with Crippen LogP contribution >= 0.6 is 0 Å². The van der Waals surface area contributed by atoms with E-state index in [0.29, 0.717) is 11.6 Å². The molecule has 0 N–H and O–H groups in total. The molecule has 0 spiro atoms. The molecule has 2 aliphatic heterocycles. The molecule has 85 heavy (non-hydrogen) atoms. The maximum atomic E-state index is 7.54. The van der Waals surface area contributed by atoms with Crippen LogP contribution in [0, 0.1) is 0 Å². The number of rotatable bonds is 26. The molecule has 10 atom stereocenters. The summed E-state index contributed by atoms with van der Waals surface area (Å²) in [4.78, 5) is 1.53. The van der Waals surface area contributed by atoms with Gasteiger partial charge in [-0.25, -0.2) is 4.68 Å². The monoisotopic (exact) mass is 1140 g/mol. The summed E-state index contributed by atoms with van der Waals surface area (Å²) in [6.45, 7) is 1.40. The Kier molecular flexibility index (Phi) is 19.4. The normalized spacial score (nSPS) is 22.3. The van der Waals surface area contributed by atoms with Crippen LogP contribution in [-0.2, 0) is 95.4 Å². The van der Waals surface area contributed by atoms with Crippen molar-refractivity contribution in [3.63, 3.8) is 0 Å². The molecular weight excluding hydrogens is 1070 g/mol. The van der Waals surface area contributed by atoms with Crippen molar-refractivity contribution in [3.05, 3.63) is 276 Å². The second-order valence-corrected chi connectivity index (χ2v) is 20.9. The van der Waals surface area contributed by atoms with Crippen LogP contribution < -0.4 is 0 Å². The summed E-state index contributed by atoms with van der Waals surface area (Å²) in [5.74, 6) is 0.994. The van der Waals surface area contributed by atoms with Gasteiger partial charge in [-0.1, -0.05) is 243 Å². The summed E-state index contributed by atoms with van der Waals surface area (Å²) in [5.41, 5.74) is 7.29. The Labute approximate surface area is 493 Å². The van der Waals surface area contributed by atoms with Crippen LogP contribution in [-0.4, -0.2) is 102 Å². The van der Waals surface area contributed by atoms with Crippen molar-refractivity contribution >= 4 is 0 Å². The quantitative estimate of drug-likeness (QED) is 0.0501. The van der Waals surface area contributed by atoms with Crippen molar-refractivity contribution in [1.82, 2.24) is 40.4 Å². The minimum Gasteiger partial charge on any atom is -0.368 e. The highest BCUT2D eigenvalue weighted by Crippen LogP contribution is 2.38. The topological polar surface area (TPSA) is 170 Å². The number of aromatic nitrogens is 8. The Bertz CT molecular complexity index is 3530. The number of benzene rings is 8. The van der Waals surface area contributed by atoms with E-state index >= 15 is 0 Å². The predicted molar refractivity (Wildman–Crippen MR) is 315 cm³/mol. The Balaban J connectivity index is 0.973. The highest BCUT2D eigenvalue weighted by molar-refractivity contribution is 5.54. The lowest BCUT2D eigenvalue weighted by atomic mass is 9.96. The molecule has 12 rings (SSSR count). The highest BCUT2D eigenvalue weighted by atomic mass is 16.8. The molecule has 4 heterocycles. The van der Waals surface area contributed by atoms with E-state index in [9.17, 15) is 0 Å². The van der Waals surface area contributed by atoms with E-state index in [1.807, 2.05) is 243 Å². The Hall–Kier alpha value is -8.46. The number of hydrogen-bond acceptors (Lipinski definition) is 15. The average Bonchev–Trinajstić information content (AvgIpc) is 4.42. The fourth-order valence-corrected chi connectivity index (χ4v) is 10.6. The first-order chi connectivity index (χ1) is 42.1. The zero-order valence-electron chi connectivity index (χ0n) is 46.8. The van der Waals surface area contributed by atoms with E-state index in [1.54, 1.807) is 4.68 Å². The first-order valence-corrected chi connectivity index (χ1v) is 28.7. The van der Waals surface area contributed by atoms with Crippen molar-refractivity contribution in [2.24, 2.45) is 0 Å². The van der Waals surface area contributed by atoms with E-state index < -0.39 is 61.4 Å². The lowest BCUT2D eigenvalue weighted by Crippen LogP contribution is -2.65. The maximum absolute atomic E-state index is 7.54. The summed E-state index contributed by atoms with van der Waals surface area (Å²) in [6.07, 6.45) is -9.37. The van der Waals surface area contributed by atoms with Gasteiger partial charge < -0.3 is 42.6 Å². The third kappa shape index (κ3) is 15.1. The molecule has 0 radical (unpaired) electrons. The van der Waals surface area contributed by atoms with Gasteiger partial charge in [-0.3, -0.25) is 0 Å². The van der Waals surface area contributed by atoms with Gasteiger partial charge in [-0.15, -0.1) is 15.3 Å². The smallest absolute Gasteiger partial charge is 0.204 e. The Morgan fingerprint density at radius 2 is 0.659 bits per heavy atom. The summed E-state index contributed by atoms with van der Waals surface area (Å²) >= 11 is 0. The van der Waals surface area contributed by atoms with Gasteiger partial charge in [0.05, 0.1) is 52.7 Å². The standard InChI is InChI=1S/C68H66N8O9/c1-9-25-49(26-10-1)43-77-59-57(41-75-66(70-72-74-75)56-39-23-8-24-40-56)83-67(63(81-47-53-33-17-5-18-34-53)61(59)79-45-51-29-13-3-14-30-51)85-68-64(82-48-54-35-19-6-20-36-54)62(80-46-52-31-15-4-16-32-52)60(78-44-50-27-11-2-12-28-50)58(84-68)42-76-71-65(69-73-76)55-37-21-7-22-38-55/h1-40,57-64,67-68H,41-48H2/t57-,58-,59-,60-,61+,62+,63-,64-,67-,68-/m1/s1. The molecule has 0 saturated carbocycles. The van der Waals surface area contributed by atoms with Gasteiger partial charge in [-0.2, -0.15) is 4.80 Å². The second kappa shape index (κ2) is 28.9. The molecule has 0 unspecified atom stereocenters. The molecule has 17 nitrogen and oxygen atoms in total. The van der Waals surface area contributed by atoms with Crippen molar-refractivity contribution < 1.29 is 42.6 Å². The van der Waals surface area contributed by atoms with Gasteiger partial charge >= 0.3 is 0 Å². The highest BCUT2D eigenvalue weighted by Gasteiger charge is 2.55. The van der Waals surface area contributed by atoms with Gasteiger partial charge in [-0.05, 0) is 49.0 Å².